The Kier molecular flexibility index (Phi) is 14.1. The van der Waals surface area contributed by atoms with E-state index in [9.17, 15) is 34.5 Å². The maximum absolute atomic E-state index is 9.75. The summed E-state index contributed by atoms with van der Waals surface area (Å²) in [5, 5.41) is 0. The van der Waals surface area contributed by atoms with Gasteiger partial charge in [-0.2, -0.15) is 0 Å². The Hall–Kier alpha value is -0.130. The lowest BCUT2D eigenvalue weighted by molar-refractivity contribution is 0.366. The fourth-order valence-corrected chi connectivity index (χ4v) is 0.474. The first-order valence-corrected chi connectivity index (χ1v) is 4.40. The minimum absolute atomic E-state index is 1.04. The van der Waals surface area contributed by atoms with Crippen LogP contribution in [0.1, 0.15) is 19.8 Å². The molecule has 0 fully saturated rings. The van der Waals surface area contributed by atoms with E-state index in [0.29, 0.717) is 0 Å². The van der Waals surface area contributed by atoms with Gasteiger partial charge < -0.3 is 34.5 Å². The number of unbranched alkanes of at least 4 members (excludes halogenated alkanes) is 1. The van der Waals surface area contributed by atoms with Crippen molar-refractivity contribution in [2.45, 2.75) is 19.8 Å². The molecular formula is C4H9B2F8P. The summed E-state index contributed by atoms with van der Waals surface area (Å²) < 4.78 is 78.0. The molecule has 11 heteroatoms. The second kappa shape index (κ2) is 10.4. The van der Waals surface area contributed by atoms with Gasteiger partial charge in [0.05, 0.1) is 0 Å². The largest absolute Gasteiger partial charge is 1.18 e. The van der Waals surface area contributed by atoms with Crippen LogP contribution in [0.15, 0.2) is 0 Å². The van der Waals surface area contributed by atoms with E-state index in [1.54, 1.807) is 0 Å². The van der Waals surface area contributed by atoms with Gasteiger partial charge >= 0.3 is 29.9 Å². The van der Waals surface area contributed by atoms with Crippen LogP contribution < -0.4 is 0 Å². The molecule has 0 saturated carbocycles. The van der Waals surface area contributed by atoms with Crippen LogP contribution in [0.25, 0.3) is 0 Å². The lowest BCUT2D eigenvalue weighted by Gasteiger charge is -1.94. The maximum Gasteiger partial charge on any atom is 1.18 e. The maximum atomic E-state index is 9.75. The van der Waals surface area contributed by atoms with Gasteiger partial charge in [0.15, 0.2) is 0 Å². The Morgan fingerprint density at radius 2 is 1.00 bits per heavy atom. The molecule has 0 aliphatic carbocycles. The van der Waals surface area contributed by atoms with E-state index < -0.39 is 14.5 Å². The summed E-state index contributed by atoms with van der Waals surface area (Å²) in [4.78, 5) is 0. The molecule has 92 valence electrons. The van der Waals surface area contributed by atoms with Gasteiger partial charge in [-0.1, -0.05) is 6.92 Å². The van der Waals surface area contributed by atoms with E-state index in [-0.39, 0.29) is 0 Å². The van der Waals surface area contributed by atoms with Gasteiger partial charge in [-0.05, 0) is 6.42 Å². The summed E-state index contributed by atoms with van der Waals surface area (Å²) in [6.45, 7) is 2.16. The molecule has 0 bridgehead atoms. The first-order valence-electron chi connectivity index (χ1n) is 3.77. The molecular weight excluding hydrogens is 253 g/mol. The molecule has 0 aliphatic heterocycles. The zero-order chi connectivity index (χ0) is 13.1. The topological polar surface area (TPSA) is 0 Å². The predicted octanol–water partition coefficient (Wildman–Crippen LogP) is 4.80. The molecule has 0 amide bonds. The standard InChI is InChI=1S/C4H9P.2BF4/c1-2-3-4-5;2*2-1(3,4)5/h2-4H2,1H3;;/q+2;2*-1. The number of hydrogen-bond acceptors (Lipinski definition) is 0. The molecule has 0 unspecified atom stereocenters. The van der Waals surface area contributed by atoms with E-state index in [4.69, 9.17) is 0 Å². The van der Waals surface area contributed by atoms with Crippen LogP contribution in [0.2, 0.25) is 0 Å². The van der Waals surface area contributed by atoms with E-state index in [0.717, 1.165) is 6.16 Å². The van der Waals surface area contributed by atoms with Crippen LogP contribution in [0.5, 0.6) is 0 Å². The fourth-order valence-electron chi connectivity index (χ4n) is 0.158. The van der Waals surface area contributed by atoms with Crippen LogP contribution in [-0.2, 0) is 0 Å². The van der Waals surface area contributed by atoms with Crippen LogP contribution in [0.3, 0.4) is 0 Å². The SMILES string of the molecule is CCCC[P+2].F[B-](F)(F)F.F[B-](F)(F)F. The monoisotopic (exact) mass is 262 g/mol. The summed E-state index contributed by atoms with van der Waals surface area (Å²) >= 11 is 0. The molecule has 0 aromatic carbocycles. The fraction of sp³-hybridized carbons (Fsp3) is 1.00. The van der Waals surface area contributed by atoms with Crippen molar-refractivity contribution >= 4 is 23.7 Å². The molecule has 0 aromatic rings. The molecule has 0 nitrogen and oxygen atoms in total. The van der Waals surface area contributed by atoms with Crippen LogP contribution in [-0.4, -0.2) is 20.7 Å². The second-order valence-electron chi connectivity index (χ2n) is 2.07. The van der Waals surface area contributed by atoms with Gasteiger partial charge in [-0.3, -0.25) is 0 Å². The van der Waals surface area contributed by atoms with Crippen molar-refractivity contribution in [1.29, 1.82) is 0 Å². The third kappa shape index (κ3) is 559. The smallest absolute Gasteiger partial charge is 0.418 e. The Morgan fingerprint density at radius 1 is 0.800 bits per heavy atom. The average Bonchev–Trinajstić information content (AvgIpc) is 1.80. The molecule has 15 heavy (non-hydrogen) atoms. The average molecular weight is 262 g/mol. The number of hydrogen-bond donors (Lipinski definition) is 0. The van der Waals surface area contributed by atoms with Crippen molar-refractivity contribution in [3.63, 3.8) is 0 Å². The first-order chi connectivity index (χ1) is 6.41. The van der Waals surface area contributed by atoms with Crippen molar-refractivity contribution in [1.82, 2.24) is 0 Å². The van der Waals surface area contributed by atoms with Gasteiger partial charge in [-0.15, -0.1) is 0 Å². The lowest BCUT2D eigenvalue weighted by Crippen LogP contribution is -2.02. The lowest BCUT2D eigenvalue weighted by atomic mass is 10.3. The highest BCUT2D eigenvalue weighted by Gasteiger charge is 2.21. The Bertz CT molecular complexity index is 96.8. The van der Waals surface area contributed by atoms with Gasteiger partial charge in [0.25, 0.3) is 0 Å². The molecule has 0 aromatic heterocycles. The zero-order valence-corrected chi connectivity index (χ0v) is 8.64. The van der Waals surface area contributed by atoms with Crippen molar-refractivity contribution in [3.05, 3.63) is 0 Å². The summed E-state index contributed by atoms with van der Waals surface area (Å²) in [6, 6.07) is 0. The molecule has 0 heterocycles. The molecule has 0 rings (SSSR count). The van der Waals surface area contributed by atoms with Gasteiger partial charge in [0.2, 0.25) is 0 Å². The van der Waals surface area contributed by atoms with Gasteiger partial charge in [0.1, 0.15) is 0 Å². The quantitative estimate of drug-likeness (QED) is 0.381. The summed E-state index contributed by atoms with van der Waals surface area (Å²) in [6.07, 6.45) is 3.56. The van der Waals surface area contributed by atoms with E-state index in [1.165, 1.54) is 12.8 Å². The molecule has 0 N–H and O–H groups in total. The third-order valence-electron chi connectivity index (χ3n) is 0.512. The van der Waals surface area contributed by atoms with Crippen molar-refractivity contribution in [2.24, 2.45) is 0 Å². The minimum atomic E-state index is -6.00. The normalized spacial score (nSPS) is 10.7. The highest BCUT2D eigenvalue weighted by Crippen LogP contribution is 2.07. The van der Waals surface area contributed by atoms with Crippen LogP contribution in [0, 0.1) is 0 Å². The Balaban J connectivity index is -0.000000144. The Labute approximate surface area is 85.2 Å². The van der Waals surface area contributed by atoms with E-state index in [1.807, 2.05) is 0 Å². The van der Waals surface area contributed by atoms with Gasteiger partial charge in [-0.25, -0.2) is 0 Å². The highest BCUT2D eigenvalue weighted by molar-refractivity contribution is 7.16. The van der Waals surface area contributed by atoms with Gasteiger partial charge in [0, 0.05) is 6.42 Å². The predicted molar refractivity (Wildman–Crippen MR) is 47.1 cm³/mol. The van der Waals surface area contributed by atoms with Crippen LogP contribution in [0.4, 0.5) is 34.5 Å². The molecule has 0 atom stereocenters. The molecule has 0 aliphatic rings. The molecule has 0 spiro atoms. The molecule has 2 radical (unpaired) electrons. The minimum Gasteiger partial charge on any atom is -0.418 e. The highest BCUT2D eigenvalue weighted by atomic mass is 31.0. The van der Waals surface area contributed by atoms with Crippen molar-refractivity contribution in [3.8, 4) is 0 Å². The summed E-state index contributed by atoms with van der Waals surface area (Å²) in [7, 11) is -8.00. The molecule has 0 saturated heterocycles. The van der Waals surface area contributed by atoms with Crippen molar-refractivity contribution < 1.29 is 34.5 Å². The number of halogens is 8. The summed E-state index contributed by atoms with van der Waals surface area (Å²) in [5.41, 5.74) is 0. The third-order valence-corrected chi connectivity index (χ3v) is 0.828. The summed E-state index contributed by atoms with van der Waals surface area (Å²) in [5.74, 6) is 0. The first kappa shape index (κ1) is 20.3. The Morgan fingerprint density at radius 3 is 1.00 bits per heavy atom. The van der Waals surface area contributed by atoms with Crippen molar-refractivity contribution in [2.75, 3.05) is 6.16 Å². The number of rotatable bonds is 2. The van der Waals surface area contributed by atoms with E-state index in [2.05, 4.69) is 16.2 Å². The van der Waals surface area contributed by atoms with Crippen LogP contribution >= 0.6 is 9.24 Å². The van der Waals surface area contributed by atoms with E-state index >= 15 is 0 Å². The zero-order valence-electron chi connectivity index (χ0n) is 7.75. The second-order valence-corrected chi connectivity index (χ2v) is 2.51.